The van der Waals surface area contributed by atoms with E-state index in [1.54, 1.807) is 0 Å². The lowest BCUT2D eigenvalue weighted by atomic mass is 9.77. The molecule has 1 saturated carbocycles. The number of carbonyl (C=O) groups is 1. The highest BCUT2D eigenvalue weighted by Gasteiger charge is 2.31. The molecule has 1 aliphatic carbocycles. The van der Waals surface area contributed by atoms with Crippen molar-refractivity contribution in [3.8, 4) is 0 Å². The summed E-state index contributed by atoms with van der Waals surface area (Å²) in [5.74, 6) is 0.358. The Kier molecular flexibility index (Phi) is 11.0. The number of carbonyl (C=O) groups excluding carboxylic acids is 1. The second kappa shape index (κ2) is 12.2. The number of ether oxygens (including phenoxy) is 1. The summed E-state index contributed by atoms with van der Waals surface area (Å²) < 4.78 is 6.27. The molecule has 1 atom stereocenters. The Hall–Kier alpha value is -0.230. The van der Waals surface area contributed by atoms with Gasteiger partial charge < -0.3 is 4.74 Å². The minimum absolute atomic E-state index is 0.0326. The first-order valence-electron chi connectivity index (χ1n) is 8.00. The SMILES string of the molecule is C[SH+]C.O=C(OCCI)C(c1ccccc1)C1CCCCC1. The van der Waals surface area contributed by atoms with Crippen LogP contribution in [0.2, 0.25) is 0 Å². The van der Waals surface area contributed by atoms with Gasteiger partial charge in [-0.15, -0.1) is 0 Å². The second-order valence-corrected chi connectivity index (χ2v) is 7.56. The standard InChI is InChI=1S/C16H21IO2.C2H6S/c17-11-12-19-16(18)15(13-7-3-1-4-8-13)14-9-5-2-6-10-14;1-3-2/h1,3-4,7-8,14-15H,2,5-6,9-12H2;1-2H3/p+1. The van der Waals surface area contributed by atoms with Gasteiger partial charge in [0.2, 0.25) is 0 Å². The Morgan fingerprint density at radius 3 is 2.36 bits per heavy atom. The maximum Gasteiger partial charge on any atom is 0.313 e. The van der Waals surface area contributed by atoms with Gasteiger partial charge in [-0.25, -0.2) is 0 Å². The van der Waals surface area contributed by atoms with Crippen LogP contribution >= 0.6 is 22.6 Å². The normalized spacial score (nSPS) is 16.3. The summed E-state index contributed by atoms with van der Waals surface area (Å²) in [4.78, 5) is 12.4. The number of halogens is 1. The zero-order chi connectivity index (χ0) is 16.2. The number of hydrogen-bond donors (Lipinski definition) is 0. The predicted octanol–water partition coefficient (Wildman–Crippen LogP) is 4.39. The summed E-state index contributed by atoms with van der Waals surface area (Å²) in [6.45, 7) is 0.523. The van der Waals surface area contributed by atoms with Crippen LogP contribution in [0, 0.1) is 5.92 Å². The van der Waals surface area contributed by atoms with Gasteiger partial charge in [0.15, 0.2) is 0 Å². The molecule has 4 heteroatoms. The maximum absolute atomic E-state index is 12.4. The molecule has 2 rings (SSSR count). The molecule has 1 unspecified atom stereocenters. The maximum atomic E-state index is 12.4. The molecule has 0 aliphatic heterocycles. The Bertz CT molecular complexity index is 405. The molecule has 1 aromatic carbocycles. The predicted molar refractivity (Wildman–Crippen MR) is 106 cm³/mol. The lowest BCUT2D eigenvalue weighted by Crippen LogP contribution is -2.26. The van der Waals surface area contributed by atoms with Crippen molar-refractivity contribution in [2.24, 2.45) is 5.92 Å². The fraction of sp³-hybridized carbons (Fsp3) is 0.611. The number of alkyl halides is 1. The van der Waals surface area contributed by atoms with Gasteiger partial charge in [0.05, 0.1) is 18.4 Å². The van der Waals surface area contributed by atoms with Crippen molar-refractivity contribution in [1.82, 2.24) is 0 Å². The third-order valence-electron chi connectivity index (χ3n) is 3.86. The minimum atomic E-state index is -0.0653. The van der Waals surface area contributed by atoms with Crippen molar-refractivity contribution < 1.29 is 9.53 Å². The number of thiol groups is 1. The van der Waals surface area contributed by atoms with E-state index >= 15 is 0 Å². The van der Waals surface area contributed by atoms with E-state index in [-0.39, 0.29) is 11.9 Å². The average molecular weight is 435 g/mol. The Balaban J connectivity index is 0.000000745. The lowest BCUT2D eigenvalue weighted by molar-refractivity contribution is -0.146. The fourth-order valence-corrected chi connectivity index (χ4v) is 3.18. The first kappa shape index (κ1) is 19.8. The zero-order valence-corrected chi connectivity index (χ0v) is 16.7. The molecule has 22 heavy (non-hydrogen) atoms. The summed E-state index contributed by atoms with van der Waals surface area (Å²) in [6, 6.07) is 10.1. The zero-order valence-electron chi connectivity index (χ0n) is 13.6. The number of rotatable bonds is 5. The number of hydrogen-bond acceptors (Lipinski definition) is 2. The fourth-order valence-electron chi connectivity index (χ4n) is 2.96. The van der Waals surface area contributed by atoms with Crippen molar-refractivity contribution in [1.29, 1.82) is 0 Å². The molecule has 0 spiro atoms. The van der Waals surface area contributed by atoms with Crippen LogP contribution in [-0.2, 0) is 21.3 Å². The van der Waals surface area contributed by atoms with Crippen LogP contribution in [0.4, 0.5) is 0 Å². The van der Waals surface area contributed by atoms with Crippen LogP contribution in [0.15, 0.2) is 30.3 Å². The molecule has 0 radical (unpaired) electrons. The van der Waals surface area contributed by atoms with Gasteiger partial charge in [-0.05, 0) is 36.1 Å². The van der Waals surface area contributed by atoms with Crippen LogP contribution < -0.4 is 0 Å². The smallest absolute Gasteiger partial charge is 0.313 e. The van der Waals surface area contributed by atoms with E-state index in [0.29, 0.717) is 12.5 Å². The summed E-state index contributed by atoms with van der Waals surface area (Å²) in [7, 11) is 0. The van der Waals surface area contributed by atoms with Crippen LogP contribution in [0.5, 0.6) is 0 Å². The summed E-state index contributed by atoms with van der Waals surface area (Å²) in [6.07, 6.45) is 10.3. The first-order chi connectivity index (χ1) is 10.7. The van der Waals surface area contributed by atoms with Gasteiger partial charge in [-0.2, -0.15) is 0 Å². The number of benzene rings is 1. The molecule has 0 aromatic heterocycles. The highest BCUT2D eigenvalue weighted by molar-refractivity contribution is 14.1. The Morgan fingerprint density at radius 2 is 1.82 bits per heavy atom. The monoisotopic (exact) mass is 435 g/mol. The quantitative estimate of drug-likeness (QED) is 0.226. The van der Waals surface area contributed by atoms with Crippen LogP contribution in [0.25, 0.3) is 0 Å². The molecule has 0 amide bonds. The molecular weight excluding hydrogens is 407 g/mol. The van der Waals surface area contributed by atoms with E-state index in [0.717, 1.165) is 22.8 Å². The number of esters is 1. The van der Waals surface area contributed by atoms with Crippen molar-refractivity contribution in [2.45, 2.75) is 38.0 Å². The van der Waals surface area contributed by atoms with Gasteiger partial charge >= 0.3 is 5.97 Å². The van der Waals surface area contributed by atoms with Crippen LogP contribution in [0.3, 0.4) is 0 Å². The Morgan fingerprint density at radius 1 is 1.23 bits per heavy atom. The topological polar surface area (TPSA) is 26.3 Å². The highest BCUT2D eigenvalue weighted by Crippen LogP contribution is 2.36. The van der Waals surface area contributed by atoms with Crippen molar-refractivity contribution in [3.63, 3.8) is 0 Å². The molecule has 124 valence electrons. The molecule has 1 aromatic rings. The minimum Gasteiger partial charge on any atom is -0.464 e. The summed E-state index contributed by atoms with van der Waals surface area (Å²) >= 11 is 3.65. The van der Waals surface area contributed by atoms with Gasteiger partial charge in [0.25, 0.3) is 0 Å². The van der Waals surface area contributed by atoms with Crippen LogP contribution in [-0.4, -0.2) is 29.5 Å². The van der Waals surface area contributed by atoms with Crippen molar-refractivity contribution in [3.05, 3.63) is 35.9 Å². The van der Waals surface area contributed by atoms with Crippen LogP contribution in [0.1, 0.15) is 43.6 Å². The molecule has 0 heterocycles. The molecule has 0 saturated heterocycles. The molecule has 2 nitrogen and oxygen atoms in total. The third kappa shape index (κ3) is 6.90. The molecule has 0 N–H and O–H groups in total. The lowest BCUT2D eigenvalue weighted by Gasteiger charge is -2.29. The second-order valence-electron chi connectivity index (χ2n) is 5.59. The van der Waals surface area contributed by atoms with Gasteiger partial charge in [0.1, 0.15) is 6.61 Å². The third-order valence-corrected chi connectivity index (χ3v) is 4.30. The molecule has 1 fully saturated rings. The Labute approximate surface area is 152 Å². The van der Waals surface area contributed by atoms with E-state index in [4.69, 9.17) is 4.74 Å². The summed E-state index contributed by atoms with van der Waals surface area (Å²) in [5, 5.41) is 0. The van der Waals surface area contributed by atoms with Crippen molar-refractivity contribution in [2.75, 3.05) is 23.5 Å². The van der Waals surface area contributed by atoms with Crippen molar-refractivity contribution >= 4 is 40.3 Å². The van der Waals surface area contributed by atoms with E-state index < -0.39 is 0 Å². The highest BCUT2D eigenvalue weighted by atomic mass is 127. The molecule has 0 bridgehead atoms. The van der Waals surface area contributed by atoms with E-state index in [1.807, 2.05) is 18.2 Å². The van der Waals surface area contributed by atoms with Gasteiger partial charge in [0, 0.05) is 4.43 Å². The van der Waals surface area contributed by atoms with E-state index in [1.165, 1.54) is 31.0 Å². The molecular formula is C18H28IO2S+. The summed E-state index contributed by atoms with van der Waals surface area (Å²) in [5.41, 5.74) is 1.12. The van der Waals surface area contributed by atoms with Gasteiger partial charge in [-0.3, -0.25) is 4.79 Å². The van der Waals surface area contributed by atoms with Gasteiger partial charge in [-0.1, -0.05) is 72.2 Å². The van der Waals surface area contributed by atoms with E-state index in [2.05, 4.69) is 47.2 Å². The largest absolute Gasteiger partial charge is 0.464 e. The van der Waals surface area contributed by atoms with E-state index in [9.17, 15) is 4.79 Å². The molecule has 1 aliphatic rings. The first-order valence-corrected chi connectivity index (χ1v) is 11.3. The average Bonchev–Trinajstić information content (AvgIpc) is 2.56.